The lowest BCUT2D eigenvalue weighted by Crippen LogP contribution is -2.20. The van der Waals surface area contributed by atoms with E-state index in [2.05, 4.69) is 50.2 Å². The second-order valence-corrected chi connectivity index (χ2v) is 10.3. The van der Waals surface area contributed by atoms with Gasteiger partial charge in [0, 0.05) is 11.8 Å². The van der Waals surface area contributed by atoms with Crippen molar-refractivity contribution in [1.29, 1.82) is 0 Å². The molecular formula is C31H47NO. The van der Waals surface area contributed by atoms with Crippen molar-refractivity contribution in [3.63, 3.8) is 0 Å². The Bertz CT molecular complexity index is 743. The summed E-state index contributed by atoms with van der Waals surface area (Å²) < 4.78 is 6.16. The predicted molar refractivity (Wildman–Crippen MR) is 142 cm³/mol. The molecule has 182 valence electrons. The van der Waals surface area contributed by atoms with E-state index in [4.69, 9.17) is 9.72 Å². The van der Waals surface area contributed by atoms with Crippen molar-refractivity contribution in [3.8, 4) is 17.0 Å². The third-order valence-electron chi connectivity index (χ3n) is 7.46. The third-order valence-corrected chi connectivity index (χ3v) is 7.46. The van der Waals surface area contributed by atoms with Crippen LogP contribution in [-0.2, 0) is 6.42 Å². The minimum absolute atomic E-state index is 0.729. The number of hydrogen-bond acceptors (Lipinski definition) is 2. The molecule has 1 aliphatic rings. The van der Waals surface area contributed by atoms with Gasteiger partial charge in [0.25, 0.3) is 0 Å². The van der Waals surface area contributed by atoms with Crippen LogP contribution >= 0.6 is 0 Å². The lowest BCUT2D eigenvalue weighted by Gasteiger charge is -2.28. The number of nitrogens with zero attached hydrogens (tertiary/aromatic N) is 1. The summed E-state index contributed by atoms with van der Waals surface area (Å²) >= 11 is 0. The summed E-state index contributed by atoms with van der Waals surface area (Å²) in [6.07, 6.45) is 22.4. The maximum absolute atomic E-state index is 6.16. The molecule has 1 saturated carbocycles. The monoisotopic (exact) mass is 449 g/mol. The summed E-state index contributed by atoms with van der Waals surface area (Å²) in [5.41, 5.74) is 3.56. The summed E-state index contributed by atoms with van der Waals surface area (Å²) in [6.45, 7) is 5.42. The van der Waals surface area contributed by atoms with E-state index in [-0.39, 0.29) is 0 Å². The van der Waals surface area contributed by atoms with Crippen molar-refractivity contribution < 1.29 is 4.74 Å². The van der Waals surface area contributed by atoms with Gasteiger partial charge < -0.3 is 4.74 Å². The number of pyridine rings is 1. The molecule has 1 aliphatic carbocycles. The lowest BCUT2D eigenvalue weighted by atomic mass is 9.80. The highest BCUT2D eigenvalue weighted by Gasteiger charge is 2.21. The van der Waals surface area contributed by atoms with E-state index in [9.17, 15) is 0 Å². The Kier molecular flexibility index (Phi) is 11.8. The van der Waals surface area contributed by atoms with Crippen molar-refractivity contribution in [3.05, 3.63) is 48.2 Å². The Morgan fingerprint density at radius 2 is 1.39 bits per heavy atom. The minimum Gasteiger partial charge on any atom is -0.493 e. The molecule has 0 bridgehead atoms. The number of aromatic nitrogens is 1. The molecule has 0 atom stereocenters. The van der Waals surface area contributed by atoms with E-state index in [1.165, 1.54) is 101 Å². The van der Waals surface area contributed by atoms with Gasteiger partial charge in [-0.15, -0.1) is 0 Å². The SMILES string of the molecule is CCCCCCC[C@H]1CC[C@H](COc2ccc(-c3ccc(CCCCCC)cn3)cc2)CC1. The normalized spacial score (nSPS) is 18.4. The largest absolute Gasteiger partial charge is 0.493 e. The number of hydrogen-bond donors (Lipinski definition) is 0. The average molecular weight is 450 g/mol. The number of unbranched alkanes of at least 4 members (excludes halogenated alkanes) is 7. The summed E-state index contributed by atoms with van der Waals surface area (Å²) in [5.74, 6) is 2.69. The van der Waals surface area contributed by atoms with Crippen LogP contribution in [0.2, 0.25) is 0 Å². The second kappa shape index (κ2) is 15.1. The zero-order chi connectivity index (χ0) is 23.1. The van der Waals surface area contributed by atoms with Gasteiger partial charge in [0.1, 0.15) is 5.75 Å². The molecule has 33 heavy (non-hydrogen) atoms. The fourth-order valence-electron chi connectivity index (χ4n) is 5.16. The van der Waals surface area contributed by atoms with Gasteiger partial charge in [-0.05, 0) is 73.4 Å². The van der Waals surface area contributed by atoms with Gasteiger partial charge in [-0.2, -0.15) is 0 Å². The molecule has 1 heterocycles. The predicted octanol–water partition coefficient (Wildman–Crippen LogP) is 9.42. The molecule has 0 saturated heterocycles. The van der Waals surface area contributed by atoms with Crippen LogP contribution in [0.3, 0.4) is 0 Å². The molecule has 0 N–H and O–H groups in total. The zero-order valence-electron chi connectivity index (χ0n) is 21.4. The summed E-state index contributed by atoms with van der Waals surface area (Å²) in [5, 5.41) is 0. The van der Waals surface area contributed by atoms with Crippen molar-refractivity contribution in [1.82, 2.24) is 4.98 Å². The lowest BCUT2D eigenvalue weighted by molar-refractivity contribution is 0.177. The average Bonchev–Trinajstić information content (AvgIpc) is 2.87. The van der Waals surface area contributed by atoms with Crippen LogP contribution in [0.15, 0.2) is 42.6 Å². The fraction of sp³-hybridized carbons (Fsp3) is 0.645. The highest BCUT2D eigenvalue weighted by molar-refractivity contribution is 5.60. The van der Waals surface area contributed by atoms with E-state index >= 15 is 0 Å². The summed E-state index contributed by atoms with van der Waals surface area (Å²) in [6, 6.07) is 12.9. The standard InChI is InChI=1S/C31H47NO/c1-3-5-7-9-11-12-26-14-16-28(17-15-26)25-33-30-21-19-29(20-22-30)31-23-18-27(24-32-31)13-10-8-6-4-2/h18-24,26,28H,3-17,25H2,1-2H3/t26-,28-. The Balaban J connectivity index is 1.35. The van der Waals surface area contributed by atoms with E-state index in [0.717, 1.165) is 36.3 Å². The Morgan fingerprint density at radius 3 is 2.06 bits per heavy atom. The van der Waals surface area contributed by atoms with Gasteiger partial charge in [-0.25, -0.2) is 0 Å². The van der Waals surface area contributed by atoms with E-state index in [0.29, 0.717) is 0 Å². The van der Waals surface area contributed by atoms with Gasteiger partial charge in [0.2, 0.25) is 0 Å². The number of rotatable bonds is 15. The molecule has 2 nitrogen and oxygen atoms in total. The number of ether oxygens (including phenoxy) is 1. The fourth-order valence-corrected chi connectivity index (χ4v) is 5.16. The molecule has 0 unspecified atom stereocenters. The molecule has 2 aromatic rings. The molecule has 0 amide bonds. The highest BCUT2D eigenvalue weighted by Crippen LogP contribution is 2.32. The van der Waals surface area contributed by atoms with Crippen LogP contribution in [0.4, 0.5) is 0 Å². The third kappa shape index (κ3) is 9.51. The van der Waals surface area contributed by atoms with Crippen LogP contribution in [0.1, 0.15) is 109 Å². The Labute approximate surface area is 203 Å². The van der Waals surface area contributed by atoms with Crippen LogP contribution in [-0.4, -0.2) is 11.6 Å². The highest BCUT2D eigenvalue weighted by atomic mass is 16.5. The van der Waals surface area contributed by atoms with Crippen molar-refractivity contribution in [2.24, 2.45) is 11.8 Å². The van der Waals surface area contributed by atoms with Crippen LogP contribution in [0.25, 0.3) is 11.3 Å². The minimum atomic E-state index is 0.729. The smallest absolute Gasteiger partial charge is 0.119 e. The molecular weight excluding hydrogens is 402 g/mol. The topological polar surface area (TPSA) is 22.1 Å². The summed E-state index contributed by atoms with van der Waals surface area (Å²) in [7, 11) is 0. The van der Waals surface area contributed by atoms with Crippen molar-refractivity contribution >= 4 is 0 Å². The number of aryl methyl sites for hydroxylation is 1. The maximum Gasteiger partial charge on any atom is 0.119 e. The van der Waals surface area contributed by atoms with Crippen LogP contribution in [0.5, 0.6) is 5.75 Å². The first-order valence-electron chi connectivity index (χ1n) is 14.0. The Hall–Kier alpha value is -1.83. The van der Waals surface area contributed by atoms with E-state index in [1.54, 1.807) is 0 Å². The van der Waals surface area contributed by atoms with E-state index < -0.39 is 0 Å². The quantitative estimate of drug-likeness (QED) is 0.253. The molecule has 2 heteroatoms. The van der Waals surface area contributed by atoms with Crippen LogP contribution in [0, 0.1) is 11.8 Å². The molecule has 3 rings (SSSR count). The van der Waals surface area contributed by atoms with Crippen molar-refractivity contribution in [2.45, 2.75) is 110 Å². The van der Waals surface area contributed by atoms with Gasteiger partial charge in [-0.1, -0.05) is 90.5 Å². The number of benzene rings is 1. The molecule has 0 radical (unpaired) electrons. The maximum atomic E-state index is 6.16. The zero-order valence-corrected chi connectivity index (χ0v) is 21.4. The van der Waals surface area contributed by atoms with Gasteiger partial charge in [0.15, 0.2) is 0 Å². The van der Waals surface area contributed by atoms with E-state index in [1.807, 2.05) is 6.20 Å². The summed E-state index contributed by atoms with van der Waals surface area (Å²) in [4.78, 5) is 4.70. The van der Waals surface area contributed by atoms with Crippen molar-refractivity contribution in [2.75, 3.05) is 6.61 Å². The van der Waals surface area contributed by atoms with Gasteiger partial charge in [0.05, 0.1) is 12.3 Å². The van der Waals surface area contributed by atoms with Gasteiger partial charge >= 0.3 is 0 Å². The molecule has 1 fully saturated rings. The van der Waals surface area contributed by atoms with Crippen LogP contribution < -0.4 is 4.74 Å². The first kappa shape index (κ1) is 25.8. The first-order chi connectivity index (χ1) is 16.3. The first-order valence-corrected chi connectivity index (χ1v) is 14.0. The van der Waals surface area contributed by atoms with Gasteiger partial charge in [-0.3, -0.25) is 4.98 Å². The molecule has 1 aromatic heterocycles. The molecule has 1 aromatic carbocycles. The second-order valence-electron chi connectivity index (χ2n) is 10.3. The Morgan fingerprint density at radius 1 is 0.727 bits per heavy atom. The molecule has 0 aliphatic heterocycles. The molecule has 0 spiro atoms.